The first kappa shape index (κ1) is 38.0. The highest BCUT2D eigenvalue weighted by atomic mass is 127. The third kappa shape index (κ3) is 9.86. The van der Waals surface area contributed by atoms with Gasteiger partial charge in [0.25, 0.3) is 0 Å². The van der Waals surface area contributed by atoms with Crippen LogP contribution in [0.1, 0.15) is 43.2 Å². The van der Waals surface area contributed by atoms with Crippen LogP contribution in [0.5, 0.6) is 0 Å². The summed E-state index contributed by atoms with van der Waals surface area (Å²) < 4.78 is 76.7. The number of sulfone groups is 2. The molecule has 0 unspecified atom stereocenters. The molecule has 12 nitrogen and oxygen atoms in total. The predicted octanol–water partition coefficient (Wildman–Crippen LogP) is 4.50. The van der Waals surface area contributed by atoms with Crippen LogP contribution in [0.15, 0.2) is 95.0 Å². The van der Waals surface area contributed by atoms with E-state index in [-0.39, 0.29) is 32.4 Å². The highest BCUT2D eigenvalue weighted by molar-refractivity contribution is 14.1. The molecule has 0 aliphatic rings. The lowest BCUT2D eigenvalue weighted by Gasteiger charge is -2.08. The number of hydrogen-bond donors (Lipinski definition) is 0. The van der Waals surface area contributed by atoms with Crippen molar-refractivity contribution in [2.45, 2.75) is 21.3 Å². The molecule has 16 heteroatoms. The number of hydrogen-bond acceptors (Lipinski definition) is 10. The summed E-state index contributed by atoms with van der Waals surface area (Å²) in [5.41, 5.74) is 2.01. The fourth-order valence-electron chi connectivity index (χ4n) is 4.44. The summed E-state index contributed by atoms with van der Waals surface area (Å²) in [6, 6.07) is 17.2. The van der Waals surface area contributed by atoms with E-state index < -0.39 is 37.4 Å². The molecule has 0 spiro atoms. The molecule has 0 atom stereocenters. The topological polar surface area (TPSA) is 157 Å². The molecular formula is C34H30FIN4O8S2. The number of ether oxygens (including phenoxy) is 2. The van der Waals surface area contributed by atoms with Crippen LogP contribution in [0.25, 0.3) is 0 Å². The standard InChI is InChI=1S/C21H17FN2O4S.C13H13IN2O4S/c1-24-12-11-19(23-24)14-29(26,27)20-10-7-17(21(25)28-2)13-16(20)6-3-15-4-8-18(22)9-5-15;1-16-6-5-10(15-16)8-21(18,19)12-4-3-9(7-11(12)14)13(17)20-2/h4-5,7-13H,14H2,1-2H3;3-7H,8H2,1-2H3. The SMILES string of the molecule is COC(=O)c1ccc(S(=O)(=O)Cc2ccn(C)n2)c(C#Cc2ccc(F)cc2)c1.COC(=O)c1ccc(S(=O)(=O)Cc2ccn(C)n2)c(I)c1. The van der Waals surface area contributed by atoms with Crippen LogP contribution in [0.2, 0.25) is 0 Å². The van der Waals surface area contributed by atoms with Crippen LogP contribution < -0.4 is 0 Å². The van der Waals surface area contributed by atoms with Crippen molar-refractivity contribution in [3.8, 4) is 11.8 Å². The highest BCUT2D eigenvalue weighted by Crippen LogP contribution is 2.24. The van der Waals surface area contributed by atoms with Crippen molar-refractivity contribution < 1.29 is 40.3 Å². The lowest BCUT2D eigenvalue weighted by atomic mass is 10.1. The van der Waals surface area contributed by atoms with E-state index in [4.69, 9.17) is 4.74 Å². The van der Waals surface area contributed by atoms with Gasteiger partial charge in [-0.25, -0.2) is 30.8 Å². The minimum Gasteiger partial charge on any atom is -0.465 e. The van der Waals surface area contributed by atoms with Gasteiger partial charge in [-0.1, -0.05) is 11.8 Å². The number of aryl methyl sites for hydroxylation is 2. The maximum atomic E-state index is 13.1. The molecule has 0 aliphatic carbocycles. The van der Waals surface area contributed by atoms with Gasteiger partial charge in [-0.15, -0.1) is 0 Å². The molecule has 0 fully saturated rings. The number of methoxy groups -OCH3 is 2. The minimum absolute atomic E-state index is 0.0228. The monoisotopic (exact) mass is 832 g/mol. The Hall–Kier alpha value is -4.86. The zero-order valence-corrected chi connectivity index (χ0v) is 30.9. The lowest BCUT2D eigenvalue weighted by Crippen LogP contribution is -2.10. The van der Waals surface area contributed by atoms with Crippen molar-refractivity contribution >= 4 is 54.2 Å². The fraction of sp³-hybridized carbons (Fsp3) is 0.176. The van der Waals surface area contributed by atoms with E-state index in [0.717, 1.165) is 0 Å². The van der Waals surface area contributed by atoms with Crippen LogP contribution in [0, 0.1) is 21.2 Å². The third-order valence-corrected chi connectivity index (χ3v) is 11.5. The normalized spacial score (nSPS) is 11.1. The number of carbonyl (C=O) groups is 2. The van der Waals surface area contributed by atoms with E-state index in [9.17, 15) is 30.8 Å². The maximum absolute atomic E-state index is 13.1. The summed E-state index contributed by atoms with van der Waals surface area (Å²) in [7, 11) is -1.36. The van der Waals surface area contributed by atoms with Gasteiger partial charge in [0.2, 0.25) is 0 Å². The molecule has 0 saturated heterocycles. The summed E-state index contributed by atoms with van der Waals surface area (Å²) >= 11 is 1.90. The first-order valence-electron chi connectivity index (χ1n) is 14.4. The van der Waals surface area contributed by atoms with E-state index in [2.05, 4.69) is 26.8 Å². The van der Waals surface area contributed by atoms with Crippen molar-refractivity contribution in [1.82, 2.24) is 19.6 Å². The number of aromatic nitrogens is 4. The summed E-state index contributed by atoms with van der Waals surface area (Å²) in [6.07, 6.45) is 3.34. The molecule has 0 aliphatic heterocycles. The van der Waals surface area contributed by atoms with Gasteiger partial charge in [0.15, 0.2) is 19.7 Å². The summed E-state index contributed by atoms with van der Waals surface area (Å²) in [5, 5.41) is 8.17. The average molecular weight is 833 g/mol. The zero-order valence-electron chi connectivity index (χ0n) is 27.1. The second-order valence-corrected chi connectivity index (χ2v) is 15.7. The molecule has 2 aromatic heterocycles. The summed E-state index contributed by atoms with van der Waals surface area (Å²) in [4.78, 5) is 23.4. The Morgan fingerprint density at radius 1 is 0.720 bits per heavy atom. The Balaban J connectivity index is 0.000000237. The molecule has 5 aromatic rings. The van der Waals surface area contributed by atoms with Crippen LogP contribution in [0.3, 0.4) is 0 Å². The quantitative estimate of drug-likeness (QED) is 0.124. The molecule has 2 heterocycles. The molecule has 0 saturated carbocycles. The molecule has 0 amide bonds. The number of benzene rings is 3. The van der Waals surface area contributed by atoms with Gasteiger partial charge < -0.3 is 9.47 Å². The van der Waals surface area contributed by atoms with E-state index in [1.165, 1.54) is 79.6 Å². The molecule has 260 valence electrons. The minimum atomic E-state index is -3.78. The van der Waals surface area contributed by atoms with Gasteiger partial charge in [0.1, 0.15) is 5.82 Å². The summed E-state index contributed by atoms with van der Waals surface area (Å²) in [5.74, 6) is 3.58. The maximum Gasteiger partial charge on any atom is 0.337 e. The molecule has 5 rings (SSSR count). The van der Waals surface area contributed by atoms with E-state index in [0.29, 0.717) is 26.1 Å². The zero-order chi connectivity index (χ0) is 36.6. The number of esters is 2. The number of carbonyl (C=O) groups excluding carboxylic acids is 2. The first-order valence-corrected chi connectivity index (χ1v) is 18.8. The average Bonchev–Trinajstić information content (AvgIpc) is 3.68. The van der Waals surface area contributed by atoms with Gasteiger partial charge in [-0.3, -0.25) is 9.36 Å². The van der Waals surface area contributed by atoms with E-state index in [1.54, 1.807) is 43.3 Å². The Kier molecular flexibility index (Phi) is 12.3. The second-order valence-electron chi connectivity index (χ2n) is 10.6. The van der Waals surface area contributed by atoms with Gasteiger partial charge in [0, 0.05) is 41.2 Å². The van der Waals surface area contributed by atoms with Crippen LogP contribution in [0.4, 0.5) is 4.39 Å². The number of nitrogens with zero attached hydrogens (tertiary/aromatic N) is 4. The molecular weight excluding hydrogens is 802 g/mol. The smallest absolute Gasteiger partial charge is 0.337 e. The molecule has 0 bridgehead atoms. The first-order chi connectivity index (χ1) is 23.6. The van der Waals surface area contributed by atoms with Crippen molar-refractivity contribution in [2.75, 3.05) is 14.2 Å². The molecule has 0 radical (unpaired) electrons. The Bertz CT molecular complexity index is 2330. The highest BCUT2D eigenvalue weighted by Gasteiger charge is 2.23. The van der Waals surface area contributed by atoms with Crippen LogP contribution >= 0.6 is 22.6 Å². The summed E-state index contributed by atoms with van der Waals surface area (Å²) in [6.45, 7) is 0. The van der Waals surface area contributed by atoms with Gasteiger partial charge in [-0.2, -0.15) is 10.2 Å². The lowest BCUT2D eigenvalue weighted by molar-refractivity contribution is 0.0591. The number of halogens is 2. The van der Waals surface area contributed by atoms with Gasteiger partial charge in [0.05, 0.1) is 58.0 Å². The Labute approximate surface area is 302 Å². The van der Waals surface area contributed by atoms with Crippen molar-refractivity contribution in [3.05, 3.63) is 128 Å². The van der Waals surface area contributed by atoms with Crippen molar-refractivity contribution in [1.29, 1.82) is 0 Å². The van der Waals surface area contributed by atoms with Crippen molar-refractivity contribution in [2.24, 2.45) is 14.1 Å². The number of rotatable bonds is 8. The van der Waals surface area contributed by atoms with E-state index in [1.807, 2.05) is 22.6 Å². The third-order valence-electron chi connectivity index (χ3n) is 6.82. The second kappa shape index (κ2) is 16.2. The Morgan fingerprint density at radius 3 is 1.66 bits per heavy atom. The van der Waals surface area contributed by atoms with Crippen LogP contribution in [-0.4, -0.2) is 62.6 Å². The predicted molar refractivity (Wildman–Crippen MR) is 189 cm³/mol. The van der Waals surface area contributed by atoms with Gasteiger partial charge >= 0.3 is 11.9 Å². The van der Waals surface area contributed by atoms with E-state index >= 15 is 0 Å². The molecule has 3 aromatic carbocycles. The molecule has 0 N–H and O–H groups in total. The van der Waals surface area contributed by atoms with Crippen molar-refractivity contribution in [3.63, 3.8) is 0 Å². The van der Waals surface area contributed by atoms with Crippen LogP contribution in [-0.2, 0) is 54.7 Å². The largest absolute Gasteiger partial charge is 0.465 e. The van der Waals surface area contributed by atoms with Gasteiger partial charge in [-0.05, 0) is 95.4 Å². The fourth-order valence-corrected chi connectivity index (χ4v) is 8.71. The molecule has 50 heavy (non-hydrogen) atoms. The Morgan fingerprint density at radius 2 is 1.20 bits per heavy atom.